The van der Waals surface area contributed by atoms with E-state index in [2.05, 4.69) is 0 Å². The number of aromatic nitrogens is 2. The Kier molecular flexibility index (Phi) is 6.35. The van der Waals surface area contributed by atoms with Crippen LogP contribution < -0.4 is 0 Å². The van der Waals surface area contributed by atoms with Crippen LogP contribution in [-0.4, -0.2) is 42.3 Å². The van der Waals surface area contributed by atoms with Crippen molar-refractivity contribution in [2.24, 2.45) is 0 Å². The quantitative estimate of drug-likeness (QED) is 0.395. The molecule has 0 saturated carbocycles. The monoisotopic (exact) mass is 479 g/mol. The highest BCUT2D eigenvalue weighted by atomic mass is 35.5. The van der Waals surface area contributed by atoms with E-state index in [0.29, 0.717) is 17.1 Å². The minimum absolute atomic E-state index is 0.177. The molecule has 1 heterocycles. The van der Waals surface area contributed by atoms with Crippen molar-refractivity contribution in [1.29, 1.82) is 0 Å². The SMILES string of the molecule is CN(Cc1cn(-c2ccccc2)nc1-c1ccc(Cl)cc1)C(=O)c1ccc(S(C)(=O)=O)cc1. The van der Waals surface area contributed by atoms with Gasteiger partial charge in [-0.25, -0.2) is 13.1 Å². The van der Waals surface area contributed by atoms with E-state index in [4.69, 9.17) is 16.7 Å². The molecule has 4 rings (SSSR count). The number of rotatable bonds is 6. The minimum atomic E-state index is -3.32. The maximum absolute atomic E-state index is 13.0. The molecule has 1 aromatic heterocycles. The normalized spacial score (nSPS) is 11.4. The van der Waals surface area contributed by atoms with Gasteiger partial charge in [0.2, 0.25) is 0 Å². The summed E-state index contributed by atoms with van der Waals surface area (Å²) in [6.45, 7) is 0.317. The predicted molar refractivity (Wildman–Crippen MR) is 129 cm³/mol. The Bertz CT molecular complexity index is 1380. The molecule has 0 aliphatic heterocycles. The van der Waals surface area contributed by atoms with Crippen molar-refractivity contribution in [3.63, 3.8) is 0 Å². The lowest BCUT2D eigenvalue weighted by Gasteiger charge is -2.17. The number of sulfone groups is 1. The molecule has 0 bridgehead atoms. The van der Waals surface area contributed by atoms with Gasteiger partial charge < -0.3 is 4.90 Å². The van der Waals surface area contributed by atoms with E-state index in [1.54, 1.807) is 28.8 Å². The van der Waals surface area contributed by atoms with Crippen LogP contribution >= 0.6 is 11.6 Å². The molecule has 0 atom stereocenters. The number of hydrogen-bond acceptors (Lipinski definition) is 4. The summed E-state index contributed by atoms with van der Waals surface area (Å²) in [5.41, 5.74) is 3.83. The summed E-state index contributed by atoms with van der Waals surface area (Å²) in [6, 6.07) is 23.1. The zero-order valence-corrected chi connectivity index (χ0v) is 19.7. The second-order valence-corrected chi connectivity index (χ2v) is 10.2. The van der Waals surface area contributed by atoms with Crippen molar-refractivity contribution in [1.82, 2.24) is 14.7 Å². The third-order valence-corrected chi connectivity index (χ3v) is 6.59. The van der Waals surface area contributed by atoms with Gasteiger partial charge >= 0.3 is 0 Å². The van der Waals surface area contributed by atoms with Crippen LogP contribution in [0.25, 0.3) is 16.9 Å². The predicted octanol–water partition coefficient (Wildman–Crippen LogP) is 4.87. The summed E-state index contributed by atoms with van der Waals surface area (Å²) < 4.78 is 25.2. The molecule has 1 amide bonds. The molecule has 4 aromatic rings. The Morgan fingerprint density at radius 1 is 0.970 bits per heavy atom. The second-order valence-electron chi connectivity index (χ2n) is 7.75. The van der Waals surface area contributed by atoms with Crippen molar-refractivity contribution in [2.75, 3.05) is 13.3 Å². The molecule has 33 heavy (non-hydrogen) atoms. The van der Waals surface area contributed by atoms with Gasteiger partial charge in [0.05, 0.1) is 16.3 Å². The van der Waals surface area contributed by atoms with Gasteiger partial charge in [0.15, 0.2) is 9.84 Å². The van der Waals surface area contributed by atoms with Crippen LogP contribution in [0.2, 0.25) is 5.02 Å². The van der Waals surface area contributed by atoms with Crippen LogP contribution in [0.3, 0.4) is 0 Å². The topological polar surface area (TPSA) is 72.3 Å². The van der Waals surface area contributed by atoms with Crippen molar-refractivity contribution < 1.29 is 13.2 Å². The number of halogens is 1. The molecule has 0 N–H and O–H groups in total. The molecule has 0 aliphatic carbocycles. The number of para-hydroxylation sites is 1. The number of hydrogen-bond donors (Lipinski definition) is 0. The van der Waals surface area contributed by atoms with Gasteiger partial charge in [-0.05, 0) is 48.5 Å². The Hall–Kier alpha value is -3.42. The fraction of sp³-hybridized carbons (Fsp3) is 0.120. The maximum atomic E-state index is 13.0. The first-order chi connectivity index (χ1) is 15.7. The number of nitrogens with zero attached hydrogens (tertiary/aromatic N) is 3. The first-order valence-corrected chi connectivity index (χ1v) is 12.4. The summed E-state index contributed by atoms with van der Waals surface area (Å²) >= 11 is 6.06. The molecular weight excluding hydrogens is 458 g/mol. The molecule has 0 unspecified atom stereocenters. The second kappa shape index (κ2) is 9.21. The third-order valence-electron chi connectivity index (χ3n) is 5.21. The van der Waals surface area contributed by atoms with Crippen molar-refractivity contribution in [3.8, 4) is 16.9 Å². The summed E-state index contributed by atoms with van der Waals surface area (Å²) in [4.78, 5) is 14.8. The van der Waals surface area contributed by atoms with E-state index in [1.165, 1.54) is 24.3 Å². The number of benzene rings is 3. The maximum Gasteiger partial charge on any atom is 0.253 e. The zero-order valence-electron chi connectivity index (χ0n) is 18.1. The molecular formula is C25H22ClN3O3S. The lowest BCUT2D eigenvalue weighted by Crippen LogP contribution is -2.26. The van der Waals surface area contributed by atoms with Gasteiger partial charge in [-0.3, -0.25) is 4.79 Å². The van der Waals surface area contributed by atoms with E-state index in [0.717, 1.165) is 28.8 Å². The Morgan fingerprint density at radius 3 is 2.21 bits per heavy atom. The van der Waals surface area contributed by atoms with Gasteiger partial charge in [0, 0.05) is 47.8 Å². The summed E-state index contributed by atoms with van der Waals surface area (Å²) in [6.07, 6.45) is 3.05. The first-order valence-electron chi connectivity index (χ1n) is 10.2. The largest absolute Gasteiger partial charge is 0.337 e. The first kappa shape index (κ1) is 22.8. The van der Waals surface area contributed by atoms with Crippen molar-refractivity contribution >= 4 is 27.3 Å². The molecule has 8 heteroatoms. The molecule has 0 aliphatic rings. The Morgan fingerprint density at radius 2 is 1.61 bits per heavy atom. The summed E-state index contributed by atoms with van der Waals surface area (Å²) in [5, 5.41) is 5.41. The average Bonchev–Trinajstić information content (AvgIpc) is 3.23. The van der Waals surface area contributed by atoms with E-state index >= 15 is 0 Å². The molecule has 0 spiro atoms. The van der Waals surface area contributed by atoms with Crippen LogP contribution in [0.1, 0.15) is 15.9 Å². The van der Waals surface area contributed by atoms with Crippen LogP contribution in [-0.2, 0) is 16.4 Å². The summed E-state index contributed by atoms with van der Waals surface area (Å²) in [5.74, 6) is -0.218. The molecule has 168 valence electrons. The zero-order chi connectivity index (χ0) is 23.6. The molecule has 3 aromatic carbocycles. The highest BCUT2D eigenvalue weighted by molar-refractivity contribution is 7.90. The fourth-order valence-electron chi connectivity index (χ4n) is 3.48. The van der Waals surface area contributed by atoms with E-state index in [-0.39, 0.29) is 10.8 Å². The highest BCUT2D eigenvalue weighted by Gasteiger charge is 2.18. The van der Waals surface area contributed by atoms with Crippen molar-refractivity contribution in [3.05, 3.63) is 101 Å². The summed E-state index contributed by atoms with van der Waals surface area (Å²) in [7, 11) is -1.62. The smallest absolute Gasteiger partial charge is 0.253 e. The van der Waals surface area contributed by atoms with E-state index < -0.39 is 9.84 Å². The van der Waals surface area contributed by atoms with Crippen molar-refractivity contribution in [2.45, 2.75) is 11.4 Å². The van der Waals surface area contributed by atoms with Gasteiger partial charge in [0.1, 0.15) is 0 Å². The molecule has 0 saturated heterocycles. The van der Waals surface area contributed by atoms with Crippen LogP contribution in [0.5, 0.6) is 0 Å². The fourth-order valence-corrected chi connectivity index (χ4v) is 4.24. The number of carbonyl (C=O) groups is 1. The lowest BCUT2D eigenvalue weighted by atomic mass is 10.1. The van der Waals surface area contributed by atoms with Gasteiger partial charge in [-0.1, -0.05) is 41.9 Å². The number of amides is 1. The van der Waals surface area contributed by atoms with Crippen LogP contribution in [0.15, 0.2) is 90.0 Å². The molecule has 0 radical (unpaired) electrons. The van der Waals surface area contributed by atoms with Gasteiger partial charge in [-0.2, -0.15) is 5.10 Å². The molecule has 6 nitrogen and oxygen atoms in total. The van der Waals surface area contributed by atoms with Gasteiger partial charge in [0.25, 0.3) is 5.91 Å². The van der Waals surface area contributed by atoms with Crippen LogP contribution in [0, 0.1) is 0 Å². The van der Waals surface area contributed by atoms with E-state index in [1.807, 2.05) is 48.7 Å². The standard InChI is InChI=1S/C25H22ClN3O3S/c1-28(25(30)19-10-14-23(15-11-19)33(2,31)32)16-20-17-29(22-6-4-3-5-7-22)27-24(20)18-8-12-21(26)13-9-18/h3-15,17H,16H2,1-2H3. The average molecular weight is 480 g/mol. The Balaban J connectivity index is 1.65. The molecule has 0 fully saturated rings. The van der Waals surface area contributed by atoms with Gasteiger partial charge in [-0.15, -0.1) is 0 Å². The highest BCUT2D eigenvalue weighted by Crippen LogP contribution is 2.26. The van der Waals surface area contributed by atoms with E-state index in [9.17, 15) is 13.2 Å². The minimum Gasteiger partial charge on any atom is -0.337 e. The number of carbonyl (C=O) groups excluding carboxylic acids is 1. The lowest BCUT2D eigenvalue weighted by molar-refractivity contribution is 0.0785. The Labute approximate surface area is 198 Å². The third kappa shape index (κ3) is 5.16. The van der Waals surface area contributed by atoms with Crippen LogP contribution in [0.4, 0.5) is 0 Å².